The minimum absolute atomic E-state index is 0.728. The Morgan fingerprint density at radius 3 is 2.50 bits per heavy atom. The predicted molar refractivity (Wildman–Crippen MR) is 40.5 cm³/mol. The molecular weight excluding hydrogens is 94.9 g/mol. The van der Waals surface area contributed by atoms with E-state index in [4.69, 9.17) is 0 Å². The average Bonchev–Trinajstić information content (AvgIpc) is 1.66. The van der Waals surface area contributed by atoms with E-state index >= 15 is 0 Å². The second-order valence-electron chi connectivity index (χ2n) is 2.28. The van der Waals surface area contributed by atoms with Crippen molar-refractivity contribution in [3.63, 3.8) is 0 Å². The highest BCUT2D eigenvalue weighted by Gasteiger charge is 1.90. The van der Waals surface area contributed by atoms with Crippen molar-refractivity contribution < 1.29 is 0 Å². The Labute approximate surface area is 53.2 Å². The maximum atomic E-state index is 2.29. The van der Waals surface area contributed by atoms with Crippen LogP contribution in [0.25, 0.3) is 0 Å². The van der Waals surface area contributed by atoms with E-state index in [1.165, 1.54) is 0 Å². The highest BCUT2D eigenvalue weighted by atomic mass is 13.7. The summed E-state index contributed by atoms with van der Waals surface area (Å²) >= 11 is 0. The first-order valence-electron chi connectivity index (χ1n) is 3.22. The van der Waals surface area contributed by atoms with Gasteiger partial charge in [-0.2, -0.15) is 0 Å². The third-order valence-electron chi connectivity index (χ3n) is 0.979. The molecule has 0 rings (SSSR count). The third kappa shape index (κ3) is 5.80. The molecule has 0 amide bonds. The van der Waals surface area contributed by atoms with E-state index in [1.807, 2.05) is 6.92 Å². The van der Waals surface area contributed by atoms with Crippen molar-refractivity contribution in [1.29, 1.82) is 0 Å². The van der Waals surface area contributed by atoms with E-state index in [0.29, 0.717) is 0 Å². The van der Waals surface area contributed by atoms with E-state index in [0.717, 1.165) is 12.1 Å². The lowest BCUT2D eigenvalue weighted by molar-refractivity contribution is 1.05. The van der Waals surface area contributed by atoms with Crippen LogP contribution in [0.4, 0.5) is 0 Å². The topological polar surface area (TPSA) is 0 Å². The monoisotopic (exact) mass is 109 g/mol. The van der Waals surface area contributed by atoms with E-state index < -0.39 is 0 Å². The van der Waals surface area contributed by atoms with E-state index in [1.54, 1.807) is 0 Å². The van der Waals surface area contributed by atoms with Gasteiger partial charge in [0.05, 0.1) is 0 Å². The molecule has 0 atom stereocenters. The van der Waals surface area contributed by atoms with Gasteiger partial charge in [0.15, 0.2) is 0 Å². The molecule has 0 aromatic carbocycles. The minimum Gasteiger partial charge on any atom is -0.0966 e. The van der Waals surface area contributed by atoms with Gasteiger partial charge in [0.1, 0.15) is 7.28 Å². The Hall–Kier alpha value is -0.195. The number of allylic oxidation sites excluding steroid dienone is 2. The molecule has 0 saturated carbocycles. The zero-order valence-corrected chi connectivity index (χ0v) is 6.02. The van der Waals surface area contributed by atoms with Crippen LogP contribution in [-0.2, 0) is 0 Å². The standard InChI is InChI=1S/C7H14B/c1-4-5-6-8-7(2)3/h4-5,7H,6H2,1-3H3/b5-4+. The molecule has 0 heterocycles. The number of hydrogen-bond acceptors (Lipinski definition) is 0. The molecular formula is C7H14B. The Balaban J connectivity index is 2.93. The van der Waals surface area contributed by atoms with Crippen LogP contribution in [0.5, 0.6) is 0 Å². The van der Waals surface area contributed by atoms with Gasteiger partial charge in [-0.25, -0.2) is 0 Å². The fourth-order valence-electron chi connectivity index (χ4n) is 0.487. The predicted octanol–water partition coefficient (Wildman–Crippen LogP) is 2.51. The van der Waals surface area contributed by atoms with Crippen LogP contribution in [0.1, 0.15) is 20.8 Å². The largest absolute Gasteiger partial charge is 0.117 e. The summed E-state index contributed by atoms with van der Waals surface area (Å²) in [7, 11) is 2.29. The Bertz CT molecular complexity index is 64.8. The molecule has 0 bridgehead atoms. The second kappa shape index (κ2) is 4.95. The SMILES string of the molecule is C/C=C/C[B]C(C)C. The molecule has 45 valence electrons. The zero-order chi connectivity index (χ0) is 6.41. The lowest BCUT2D eigenvalue weighted by atomic mass is 9.64. The lowest BCUT2D eigenvalue weighted by Gasteiger charge is -1.95. The third-order valence-corrected chi connectivity index (χ3v) is 0.979. The van der Waals surface area contributed by atoms with Crippen LogP contribution >= 0.6 is 0 Å². The van der Waals surface area contributed by atoms with Crippen molar-refractivity contribution in [1.82, 2.24) is 0 Å². The van der Waals surface area contributed by atoms with Crippen molar-refractivity contribution in [3.05, 3.63) is 12.2 Å². The first-order valence-corrected chi connectivity index (χ1v) is 3.22. The molecule has 1 heteroatoms. The van der Waals surface area contributed by atoms with Crippen LogP contribution in [-0.4, -0.2) is 7.28 Å². The number of hydrogen-bond donors (Lipinski definition) is 0. The summed E-state index contributed by atoms with van der Waals surface area (Å²) in [5.74, 6) is 0.728. The molecule has 0 aliphatic rings. The van der Waals surface area contributed by atoms with Crippen LogP contribution in [0.2, 0.25) is 12.1 Å². The summed E-state index contributed by atoms with van der Waals surface area (Å²) in [5, 5.41) is 0. The Morgan fingerprint density at radius 2 is 2.12 bits per heavy atom. The second-order valence-corrected chi connectivity index (χ2v) is 2.28. The Morgan fingerprint density at radius 1 is 1.50 bits per heavy atom. The molecule has 0 unspecified atom stereocenters. The van der Waals surface area contributed by atoms with Gasteiger partial charge in [-0.15, -0.1) is 0 Å². The summed E-state index contributed by atoms with van der Waals surface area (Å²) in [6, 6.07) is 0. The van der Waals surface area contributed by atoms with E-state index in [9.17, 15) is 0 Å². The minimum atomic E-state index is 0.728. The molecule has 0 saturated heterocycles. The summed E-state index contributed by atoms with van der Waals surface area (Å²) < 4.78 is 0. The summed E-state index contributed by atoms with van der Waals surface area (Å²) in [6.07, 6.45) is 5.37. The first kappa shape index (κ1) is 7.80. The molecule has 0 nitrogen and oxygen atoms in total. The van der Waals surface area contributed by atoms with Crippen molar-refractivity contribution >= 4 is 7.28 Å². The quantitative estimate of drug-likeness (QED) is 0.385. The summed E-state index contributed by atoms with van der Waals surface area (Å²) in [4.78, 5) is 0. The maximum Gasteiger partial charge on any atom is 0.117 e. The van der Waals surface area contributed by atoms with E-state index in [-0.39, 0.29) is 0 Å². The first-order chi connectivity index (χ1) is 3.77. The maximum absolute atomic E-state index is 2.29. The zero-order valence-electron chi connectivity index (χ0n) is 6.02. The van der Waals surface area contributed by atoms with Gasteiger partial charge in [-0.3, -0.25) is 0 Å². The van der Waals surface area contributed by atoms with Crippen LogP contribution in [0, 0.1) is 0 Å². The highest BCUT2D eigenvalue weighted by Crippen LogP contribution is 1.99. The average molecular weight is 109 g/mol. The summed E-state index contributed by atoms with van der Waals surface area (Å²) in [6.45, 7) is 6.45. The summed E-state index contributed by atoms with van der Waals surface area (Å²) in [5.41, 5.74) is 0. The van der Waals surface area contributed by atoms with Crippen molar-refractivity contribution in [3.8, 4) is 0 Å². The Kier molecular flexibility index (Phi) is 4.83. The molecule has 1 radical (unpaired) electrons. The molecule has 0 fully saturated rings. The lowest BCUT2D eigenvalue weighted by Crippen LogP contribution is -1.90. The molecule has 0 aromatic heterocycles. The van der Waals surface area contributed by atoms with Gasteiger partial charge in [-0.05, 0) is 6.92 Å². The fourth-order valence-corrected chi connectivity index (χ4v) is 0.487. The van der Waals surface area contributed by atoms with Gasteiger partial charge in [0.25, 0.3) is 0 Å². The van der Waals surface area contributed by atoms with Gasteiger partial charge < -0.3 is 0 Å². The molecule has 8 heavy (non-hydrogen) atoms. The van der Waals surface area contributed by atoms with Crippen LogP contribution in [0.15, 0.2) is 12.2 Å². The molecule has 0 aromatic rings. The van der Waals surface area contributed by atoms with Crippen molar-refractivity contribution in [2.24, 2.45) is 0 Å². The van der Waals surface area contributed by atoms with E-state index in [2.05, 4.69) is 33.3 Å². The molecule has 0 aliphatic heterocycles. The molecule has 0 spiro atoms. The van der Waals surface area contributed by atoms with Crippen LogP contribution in [0.3, 0.4) is 0 Å². The fraction of sp³-hybridized carbons (Fsp3) is 0.714. The smallest absolute Gasteiger partial charge is 0.0966 e. The highest BCUT2D eigenvalue weighted by molar-refractivity contribution is 6.37. The van der Waals surface area contributed by atoms with Crippen molar-refractivity contribution in [2.45, 2.75) is 32.9 Å². The number of rotatable bonds is 3. The normalized spacial score (nSPS) is 11.0. The van der Waals surface area contributed by atoms with Gasteiger partial charge in [0, 0.05) is 0 Å². The molecule has 0 aliphatic carbocycles. The van der Waals surface area contributed by atoms with Gasteiger partial charge in [0.2, 0.25) is 0 Å². The molecule has 0 N–H and O–H groups in total. The van der Waals surface area contributed by atoms with Crippen molar-refractivity contribution in [2.75, 3.05) is 0 Å². The van der Waals surface area contributed by atoms with Gasteiger partial charge in [-0.1, -0.05) is 38.1 Å². The van der Waals surface area contributed by atoms with Gasteiger partial charge >= 0.3 is 0 Å². The van der Waals surface area contributed by atoms with Crippen LogP contribution < -0.4 is 0 Å².